The van der Waals surface area contributed by atoms with Crippen LogP contribution in [0.5, 0.6) is 17.2 Å². The van der Waals surface area contributed by atoms with Crippen molar-refractivity contribution in [1.82, 2.24) is 0 Å². The average molecular weight is 301 g/mol. The largest absolute Gasteiger partial charge is 0.492 e. The first-order chi connectivity index (χ1) is 9.53. The van der Waals surface area contributed by atoms with Crippen molar-refractivity contribution < 1.29 is 18.9 Å². The van der Waals surface area contributed by atoms with Gasteiger partial charge >= 0.3 is 0 Å². The van der Waals surface area contributed by atoms with Crippen molar-refractivity contribution in [1.29, 1.82) is 0 Å². The van der Waals surface area contributed by atoms with Crippen molar-refractivity contribution in [3.63, 3.8) is 0 Å². The summed E-state index contributed by atoms with van der Waals surface area (Å²) in [5.41, 5.74) is 1.01. The molecule has 1 fully saturated rings. The number of rotatable bonds is 6. The van der Waals surface area contributed by atoms with Gasteiger partial charge in [-0.15, -0.1) is 0 Å². The molecule has 0 aliphatic carbocycles. The molecule has 0 bridgehead atoms. The Morgan fingerprint density at radius 3 is 2.15 bits per heavy atom. The highest BCUT2D eigenvalue weighted by molar-refractivity contribution is 6.32. The van der Waals surface area contributed by atoms with E-state index >= 15 is 0 Å². The first-order valence-electron chi connectivity index (χ1n) is 6.67. The summed E-state index contributed by atoms with van der Waals surface area (Å²) in [6.07, 6.45) is 1.60. The van der Waals surface area contributed by atoms with Gasteiger partial charge in [0, 0.05) is 5.56 Å². The molecule has 1 aromatic rings. The Morgan fingerprint density at radius 1 is 1.15 bits per heavy atom. The number of hydrogen-bond donors (Lipinski definition) is 0. The van der Waals surface area contributed by atoms with Crippen LogP contribution in [0.15, 0.2) is 6.07 Å². The molecule has 0 N–H and O–H groups in total. The van der Waals surface area contributed by atoms with Gasteiger partial charge < -0.3 is 18.9 Å². The summed E-state index contributed by atoms with van der Waals surface area (Å²) >= 11 is 6.28. The topological polar surface area (TPSA) is 40.2 Å². The molecule has 20 heavy (non-hydrogen) atoms. The van der Waals surface area contributed by atoms with Gasteiger partial charge in [0.05, 0.1) is 38.6 Å². The Labute approximate surface area is 124 Å². The normalized spacial score (nSPS) is 22.3. The van der Waals surface area contributed by atoms with E-state index in [9.17, 15) is 0 Å². The van der Waals surface area contributed by atoms with Crippen LogP contribution in [0.3, 0.4) is 0 Å². The third-order valence-corrected chi connectivity index (χ3v) is 4.02. The van der Waals surface area contributed by atoms with E-state index in [2.05, 4.69) is 13.8 Å². The zero-order valence-corrected chi connectivity index (χ0v) is 13.3. The van der Waals surface area contributed by atoms with E-state index in [1.54, 1.807) is 21.3 Å². The first-order valence-corrected chi connectivity index (χ1v) is 7.05. The van der Waals surface area contributed by atoms with Crippen molar-refractivity contribution in [3.8, 4) is 17.2 Å². The van der Waals surface area contributed by atoms with Gasteiger partial charge in [0.15, 0.2) is 11.5 Å². The molecule has 1 heterocycles. The van der Waals surface area contributed by atoms with E-state index < -0.39 is 0 Å². The molecule has 112 valence electrons. The maximum absolute atomic E-state index is 6.28. The molecule has 1 aliphatic heterocycles. The molecule has 1 aliphatic rings. The SMILES string of the molecule is COc1c(Cl)cc(C(C)CC2OC2C)c(OC)c1OC. The van der Waals surface area contributed by atoms with Crippen LogP contribution in [0, 0.1) is 0 Å². The van der Waals surface area contributed by atoms with E-state index in [1.807, 2.05) is 6.07 Å². The quantitative estimate of drug-likeness (QED) is 0.752. The van der Waals surface area contributed by atoms with Crippen LogP contribution in [0.2, 0.25) is 5.02 Å². The van der Waals surface area contributed by atoms with Crippen LogP contribution in [0.4, 0.5) is 0 Å². The lowest BCUT2D eigenvalue weighted by Gasteiger charge is -2.20. The molecule has 3 atom stereocenters. The summed E-state index contributed by atoms with van der Waals surface area (Å²) in [7, 11) is 4.76. The molecule has 1 aromatic carbocycles. The van der Waals surface area contributed by atoms with Gasteiger partial charge in [-0.25, -0.2) is 0 Å². The highest BCUT2D eigenvalue weighted by Gasteiger charge is 2.36. The lowest BCUT2D eigenvalue weighted by Crippen LogP contribution is -2.05. The van der Waals surface area contributed by atoms with Crippen molar-refractivity contribution in [3.05, 3.63) is 16.7 Å². The second-order valence-corrected chi connectivity index (χ2v) is 5.47. The smallest absolute Gasteiger partial charge is 0.205 e. The summed E-state index contributed by atoms with van der Waals surface area (Å²) in [6.45, 7) is 4.21. The van der Waals surface area contributed by atoms with Crippen molar-refractivity contribution in [2.24, 2.45) is 0 Å². The Hall–Kier alpha value is -1.13. The zero-order chi connectivity index (χ0) is 14.9. The Bertz CT molecular complexity index is 489. The summed E-state index contributed by atoms with van der Waals surface area (Å²) in [5.74, 6) is 1.97. The number of benzene rings is 1. The summed E-state index contributed by atoms with van der Waals surface area (Å²) in [4.78, 5) is 0. The highest BCUT2D eigenvalue weighted by atomic mass is 35.5. The monoisotopic (exact) mass is 300 g/mol. The number of hydrogen-bond acceptors (Lipinski definition) is 4. The predicted octanol–water partition coefficient (Wildman–Crippen LogP) is 3.65. The van der Waals surface area contributed by atoms with E-state index in [1.165, 1.54) is 0 Å². The standard InChI is InChI=1S/C15H21ClO4/c1-8(6-12-9(2)20-12)10-7-11(16)14(18-4)15(19-5)13(10)17-3/h7-9,12H,6H2,1-5H3. The van der Waals surface area contributed by atoms with Crippen LogP contribution in [0.25, 0.3) is 0 Å². The maximum Gasteiger partial charge on any atom is 0.205 e. The lowest BCUT2D eigenvalue weighted by atomic mass is 9.94. The predicted molar refractivity (Wildman–Crippen MR) is 78.5 cm³/mol. The molecular weight excluding hydrogens is 280 g/mol. The van der Waals surface area contributed by atoms with Crippen molar-refractivity contribution in [2.45, 2.75) is 38.4 Å². The molecule has 3 unspecified atom stereocenters. The van der Waals surface area contributed by atoms with Gasteiger partial charge in [-0.2, -0.15) is 0 Å². The fourth-order valence-corrected chi connectivity index (χ4v) is 2.80. The number of methoxy groups -OCH3 is 3. The van der Waals surface area contributed by atoms with E-state index in [-0.39, 0.29) is 5.92 Å². The zero-order valence-electron chi connectivity index (χ0n) is 12.5. The van der Waals surface area contributed by atoms with Gasteiger partial charge in [0.1, 0.15) is 0 Å². The third-order valence-electron chi connectivity index (χ3n) is 3.74. The summed E-state index contributed by atoms with van der Waals surface area (Å²) in [5, 5.41) is 0.525. The van der Waals surface area contributed by atoms with Crippen LogP contribution in [-0.4, -0.2) is 33.5 Å². The van der Waals surface area contributed by atoms with Gasteiger partial charge in [-0.1, -0.05) is 18.5 Å². The number of ether oxygens (including phenoxy) is 4. The molecule has 1 saturated heterocycles. The second kappa shape index (κ2) is 6.10. The molecule has 5 heteroatoms. The molecule has 0 spiro atoms. The van der Waals surface area contributed by atoms with Crippen LogP contribution in [0.1, 0.15) is 31.7 Å². The van der Waals surface area contributed by atoms with Gasteiger partial charge in [-0.3, -0.25) is 0 Å². The average Bonchev–Trinajstić information content (AvgIpc) is 3.12. The molecule has 4 nitrogen and oxygen atoms in total. The molecule has 0 saturated carbocycles. The Balaban J connectivity index is 2.38. The van der Waals surface area contributed by atoms with Crippen LogP contribution < -0.4 is 14.2 Å². The lowest BCUT2D eigenvalue weighted by molar-refractivity contribution is 0.319. The summed E-state index contributed by atoms with van der Waals surface area (Å²) in [6, 6.07) is 1.89. The van der Waals surface area contributed by atoms with Crippen LogP contribution in [-0.2, 0) is 4.74 Å². The minimum absolute atomic E-state index is 0.261. The fraction of sp³-hybridized carbons (Fsp3) is 0.600. The van der Waals surface area contributed by atoms with Crippen molar-refractivity contribution in [2.75, 3.05) is 21.3 Å². The summed E-state index contributed by atoms with van der Waals surface area (Å²) < 4.78 is 21.7. The minimum atomic E-state index is 0.261. The van der Waals surface area contributed by atoms with Crippen LogP contribution >= 0.6 is 11.6 Å². The maximum atomic E-state index is 6.28. The fourth-order valence-electron chi connectivity index (χ4n) is 2.52. The van der Waals surface area contributed by atoms with E-state index in [4.69, 9.17) is 30.5 Å². The first kappa shape index (κ1) is 15.3. The van der Waals surface area contributed by atoms with Crippen molar-refractivity contribution >= 4 is 11.6 Å². The Morgan fingerprint density at radius 2 is 1.70 bits per heavy atom. The molecular formula is C15H21ClO4. The molecule has 0 amide bonds. The third kappa shape index (κ3) is 2.81. The second-order valence-electron chi connectivity index (χ2n) is 5.06. The van der Waals surface area contributed by atoms with Gasteiger partial charge in [-0.05, 0) is 25.3 Å². The van der Waals surface area contributed by atoms with Gasteiger partial charge in [0.25, 0.3) is 0 Å². The minimum Gasteiger partial charge on any atom is -0.492 e. The molecule has 2 rings (SSSR count). The highest BCUT2D eigenvalue weighted by Crippen LogP contribution is 2.48. The van der Waals surface area contributed by atoms with E-state index in [0.29, 0.717) is 34.5 Å². The van der Waals surface area contributed by atoms with E-state index in [0.717, 1.165) is 12.0 Å². The van der Waals surface area contributed by atoms with Gasteiger partial charge in [0.2, 0.25) is 5.75 Å². The molecule has 0 aromatic heterocycles. The number of epoxide rings is 1. The number of halogens is 1. The Kier molecular flexibility index (Phi) is 4.66. The molecule has 0 radical (unpaired) electrons.